The van der Waals surface area contributed by atoms with Gasteiger partial charge in [0.15, 0.2) is 21.4 Å². The third kappa shape index (κ3) is 20.0. The zero-order valence-electron chi connectivity index (χ0n) is 59.8. The van der Waals surface area contributed by atoms with Crippen molar-refractivity contribution in [2.45, 2.75) is 232 Å². The molecule has 12 nitrogen and oxygen atoms in total. The lowest BCUT2D eigenvalue weighted by Crippen LogP contribution is -2.48. The van der Waals surface area contributed by atoms with E-state index in [1.54, 1.807) is 0 Å². The van der Waals surface area contributed by atoms with Crippen molar-refractivity contribution in [2.75, 3.05) is 39.5 Å². The molecular formula is C81H116N3O9P3. The van der Waals surface area contributed by atoms with E-state index in [4.69, 9.17) is 14.2 Å². The van der Waals surface area contributed by atoms with Gasteiger partial charge in [-0.2, -0.15) is 0 Å². The normalized spacial score (nSPS) is 13.7. The van der Waals surface area contributed by atoms with Gasteiger partial charge < -0.3 is 42.6 Å². The summed E-state index contributed by atoms with van der Waals surface area (Å²) in [5.74, 6) is -1.91. The van der Waals surface area contributed by atoms with Crippen LogP contribution in [-0.4, -0.2) is 113 Å². The number of hydrogen-bond acceptors (Lipinski definition) is 9. The second-order valence-corrected chi connectivity index (χ2v) is 34.5. The third-order valence-electron chi connectivity index (χ3n) is 19.5. The Balaban J connectivity index is 1.33. The predicted molar refractivity (Wildman–Crippen MR) is 402 cm³/mol. The molecule has 3 amide bonds. The average Bonchev–Trinajstić information content (AvgIpc) is 0.777. The lowest BCUT2D eigenvalue weighted by molar-refractivity contribution is -0.382. The topological polar surface area (TPSA) is 140 Å². The molecule has 0 saturated heterocycles. The number of rotatable bonds is 46. The van der Waals surface area contributed by atoms with Crippen molar-refractivity contribution in [2.24, 2.45) is 0 Å². The fraction of sp³-hybridized carbons (Fsp3) is 0.519. The molecule has 0 radical (unpaired) electrons. The Morgan fingerprint density at radius 1 is 0.323 bits per heavy atom. The summed E-state index contributed by atoms with van der Waals surface area (Å²) in [5, 5.41) is 4.04. The van der Waals surface area contributed by atoms with Gasteiger partial charge in [0.1, 0.15) is 0 Å². The van der Waals surface area contributed by atoms with Crippen molar-refractivity contribution >= 4 is 71.0 Å². The molecule has 0 aromatic heterocycles. The van der Waals surface area contributed by atoms with Crippen LogP contribution < -0.4 is 31.8 Å². The van der Waals surface area contributed by atoms with E-state index in [2.05, 4.69) is 62.3 Å². The van der Waals surface area contributed by atoms with Crippen LogP contribution in [0, 0.1) is 0 Å². The van der Waals surface area contributed by atoms with E-state index in [0.29, 0.717) is 129 Å². The average molecular weight is 1370 g/mol. The molecule has 0 aliphatic heterocycles. The summed E-state index contributed by atoms with van der Waals surface area (Å²) >= 11 is 0. The standard InChI is InChI=1S/C81H116N3O9P3/c1-11-21-57-75(94(88,69-45-30-24-31-46-69)70-47-32-25-33-48-70)78(85)82(66(14-4)15-5)60-42-63-91-81(20-10,92-64-43-61-83(67(16-6)17-7)79(86)76(58-22-12-2)95(89,71-49-34-26-35-50-71)72-51-36-27-37-52-72)93-65-44-62-84(68(18-8)19-9)80(87)77(59-23-13-3)96(90,73-53-38-28-39-54-73)74-55-40-29-41-56-74/h24-41,45-56,66-68,75-77H,11-23,42-44,57-65H2,1-10H3. The molecular weight excluding hydrogens is 1250 g/mol. The van der Waals surface area contributed by atoms with Gasteiger partial charge in [-0.05, 0) is 77.0 Å². The number of amides is 3. The van der Waals surface area contributed by atoms with Gasteiger partial charge in [-0.1, -0.05) is 290 Å². The van der Waals surface area contributed by atoms with E-state index in [1.807, 2.05) is 204 Å². The first kappa shape index (κ1) is 79.3. The van der Waals surface area contributed by atoms with Crippen LogP contribution in [0.2, 0.25) is 0 Å². The molecule has 0 saturated carbocycles. The molecule has 6 aromatic carbocycles. The Morgan fingerprint density at radius 3 is 0.688 bits per heavy atom. The highest BCUT2D eigenvalue weighted by molar-refractivity contribution is 7.81. The number of ether oxygens (including phenoxy) is 3. The molecule has 0 aliphatic rings. The van der Waals surface area contributed by atoms with Gasteiger partial charge in [0.2, 0.25) is 17.7 Å². The molecule has 15 heteroatoms. The molecule has 0 aliphatic carbocycles. The van der Waals surface area contributed by atoms with Gasteiger partial charge in [-0.15, -0.1) is 0 Å². The summed E-state index contributed by atoms with van der Waals surface area (Å²) in [6, 6.07) is 56.9. The predicted octanol–water partition coefficient (Wildman–Crippen LogP) is 17.0. The Labute approximate surface area is 578 Å². The first-order chi connectivity index (χ1) is 46.6. The molecule has 3 atom stereocenters. The van der Waals surface area contributed by atoms with Crippen molar-refractivity contribution < 1.29 is 42.3 Å². The second-order valence-electron chi connectivity index (χ2n) is 25.6. The Kier molecular flexibility index (Phi) is 33.9. The first-order valence-electron chi connectivity index (χ1n) is 36.6. The highest BCUT2D eigenvalue weighted by Gasteiger charge is 2.47. The third-order valence-corrected chi connectivity index (χ3v) is 30.0. The van der Waals surface area contributed by atoms with Crippen LogP contribution in [0.3, 0.4) is 0 Å². The van der Waals surface area contributed by atoms with Crippen LogP contribution in [-0.2, 0) is 42.3 Å². The molecule has 0 fully saturated rings. The van der Waals surface area contributed by atoms with Crippen LogP contribution in [0.25, 0.3) is 0 Å². The maximum absolute atomic E-state index is 16.1. The van der Waals surface area contributed by atoms with Gasteiger partial charge >= 0.3 is 0 Å². The fourth-order valence-corrected chi connectivity index (χ4v) is 23.8. The van der Waals surface area contributed by atoms with Crippen LogP contribution in [0.5, 0.6) is 0 Å². The lowest BCUT2D eigenvalue weighted by atomic mass is 10.1. The minimum absolute atomic E-state index is 0.113. The molecule has 0 bridgehead atoms. The monoisotopic (exact) mass is 1370 g/mol. The zero-order chi connectivity index (χ0) is 69.4. The Bertz CT molecular complexity index is 2840. The first-order valence-corrected chi connectivity index (χ1v) is 41.9. The summed E-state index contributed by atoms with van der Waals surface area (Å²) in [5.41, 5.74) is -2.34. The smallest absolute Gasteiger partial charge is 0.282 e. The summed E-state index contributed by atoms with van der Waals surface area (Å²) in [6.45, 7) is 22.4. The Morgan fingerprint density at radius 2 is 0.521 bits per heavy atom. The summed E-state index contributed by atoms with van der Waals surface area (Å²) in [7, 11) is -10.6. The summed E-state index contributed by atoms with van der Waals surface area (Å²) < 4.78 is 69.2. The second kappa shape index (κ2) is 41.0. The van der Waals surface area contributed by atoms with Crippen molar-refractivity contribution in [1.29, 1.82) is 0 Å². The van der Waals surface area contributed by atoms with Crippen LogP contribution in [0.1, 0.15) is 191 Å². The highest BCUT2D eigenvalue weighted by atomic mass is 31.2. The zero-order valence-corrected chi connectivity index (χ0v) is 62.5. The maximum atomic E-state index is 16.1. The van der Waals surface area contributed by atoms with E-state index >= 15 is 28.1 Å². The molecule has 0 N–H and O–H groups in total. The molecule has 524 valence electrons. The molecule has 6 rings (SSSR count). The van der Waals surface area contributed by atoms with Crippen molar-refractivity contribution in [1.82, 2.24) is 14.7 Å². The molecule has 6 aromatic rings. The van der Waals surface area contributed by atoms with E-state index in [9.17, 15) is 0 Å². The van der Waals surface area contributed by atoms with Crippen molar-refractivity contribution in [3.63, 3.8) is 0 Å². The Hall–Kier alpha value is -5.70. The summed E-state index contributed by atoms with van der Waals surface area (Å²) in [6.07, 6.45) is 12.0. The number of hydrogen-bond donors (Lipinski definition) is 0. The van der Waals surface area contributed by atoms with Crippen LogP contribution in [0.4, 0.5) is 0 Å². The van der Waals surface area contributed by atoms with E-state index < -0.39 is 44.4 Å². The van der Waals surface area contributed by atoms with Crippen molar-refractivity contribution in [3.05, 3.63) is 182 Å². The number of carbonyl (C=O) groups excluding carboxylic acids is 3. The van der Waals surface area contributed by atoms with E-state index in [0.717, 1.165) is 38.5 Å². The molecule has 0 spiro atoms. The molecule has 0 heterocycles. The number of carbonyl (C=O) groups is 3. The highest BCUT2D eigenvalue weighted by Crippen LogP contribution is 2.54. The van der Waals surface area contributed by atoms with Gasteiger partial charge in [0, 0.05) is 76.0 Å². The van der Waals surface area contributed by atoms with Gasteiger partial charge in [0.05, 0.1) is 36.8 Å². The SMILES string of the molecule is CCCCC(C(=O)N(CCCOC(CC)(OCCCN(C(=O)C(CCCC)P(=O)(c1ccccc1)c1ccccc1)C(CC)CC)OCCCN(C(=O)C(CCCC)P(=O)(c1ccccc1)c1ccccc1)C(CC)CC)C(CC)CC)P(=O)(c1ccccc1)c1ccccc1. The quantitative estimate of drug-likeness (QED) is 0.0208. The number of unbranched alkanes of at least 4 members (excludes halogenated alkanes) is 3. The van der Waals surface area contributed by atoms with Crippen LogP contribution >= 0.6 is 21.4 Å². The number of nitrogens with zero attached hydrogens (tertiary/aromatic N) is 3. The maximum Gasteiger partial charge on any atom is 0.282 e. The lowest BCUT2D eigenvalue weighted by Gasteiger charge is -2.38. The minimum atomic E-state index is -3.52. The van der Waals surface area contributed by atoms with E-state index in [-0.39, 0.29) is 62.1 Å². The van der Waals surface area contributed by atoms with Gasteiger partial charge in [-0.3, -0.25) is 14.4 Å². The molecule has 96 heavy (non-hydrogen) atoms. The van der Waals surface area contributed by atoms with Gasteiger partial charge in [-0.25, -0.2) is 0 Å². The van der Waals surface area contributed by atoms with Crippen LogP contribution in [0.15, 0.2) is 182 Å². The van der Waals surface area contributed by atoms with Gasteiger partial charge in [0.25, 0.3) is 5.97 Å². The summed E-state index contributed by atoms with van der Waals surface area (Å²) in [4.78, 5) is 52.8. The minimum Gasteiger partial charge on any atom is -0.339 e. The van der Waals surface area contributed by atoms with E-state index in [1.165, 1.54) is 0 Å². The molecule has 3 unspecified atom stereocenters. The largest absolute Gasteiger partial charge is 0.339 e. The fourth-order valence-electron chi connectivity index (χ4n) is 14.0. The van der Waals surface area contributed by atoms with Crippen molar-refractivity contribution in [3.8, 4) is 0 Å². The number of benzene rings is 6.